The quantitative estimate of drug-likeness (QED) is 0.626. The minimum absolute atomic E-state index is 0.179. The van der Waals surface area contributed by atoms with E-state index in [-0.39, 0.29) is 17.8 Å². The number of anilines is 2. The van der Waals surface area contributed by atoms with Crippen molar-refractivity contribution in [1.82, 2.24) is 15.2 Å². The number of nitrogens with two attached hydrogens (primary N) is 1. The third-order valence-corrected chi connectivity index (χ3v) is 3.73. The average molecular weight is 315 g/mol. The van der Waals surface area contributed by atoms with Crippen LogP contribution in [0, 0.1) is 0 Å². The van der Waals surface area contributed by atoms with Crippen molar-refractivity contribution in [3.05, 3.63) is 4.88 Å². The van der Waals surface area contributed by atoms with Gasteiger partial charge in [-0.2, -0.15) is 0 Å². The number of carbonyl (C=O) groups excluding carboxylic acids is 1. The summed E-state index contributed by atoms with van der Waals surface area (Å²) < 4.78 is 5.00. The second-order valence-electron chi connectivity index (χ2n) is 5.08. The highest BCUT2D eigenvalue weighted by Crippen LogP contribution is 2.25. The molecule has 0 fully saturated rings. The molecule has 0 spiro atoms. The fourth-order valence-electron chi connectivity index (χ4n) is 1.60. The maximum absolute atomic E-state index is 12.1. The van der Waals surface area contributed by atoms with E-state index in [1.807, 2.05) is 20.9 Å². The first-order valence-corrected chi connectivity index (χ1v) is 7.74. The molecule has 1 aromatic heterocycles. The van der Waals surface area contributed by atoms with Gasteiger partial charge >= 0.3 is 0 Å². The molecule has 1 rings (SSSR count). The molecule has 1 aromatic rings. The molecule has 21 heavy (non-hydrogen) atoms. The Kier molecular flexibility index (Phi) is 7.41. The largest absolute Gasteiger partial charge is 0.383 e. The summed E-state index contributed by atoms with van der Waals surface area (Å²) in [5.41, 5.74) is 5.79. The first-order valence-electron chi connectivity index (χ1n) is 6.92. The first-order chi connectivity index (χ1) is 9.93. The van der Waals surface area contributed by atoms with Gasteiger partial charge in [0.1, 0.15) is 10.7 Å². The molecule has 0 bridgehead atoms. The molecule has 120 valence electrons. The highest BCUT2D eigenvalue weighted by atomic mass is 32.1. The average Bonchev–Trinajstić information content (AvgIpc) is 2.76. The summed E-state index contributed by atoms with van der Waals surface area (Å²) in [6.45, 7) is 6.84. The lowest BCUT2D eigenvalue weighted by atomic mass is 10.4. The highest BCUT2D eigenvalue weighted by molar-refractivity contribution is 7.18. The summed E-state index contributed by atoms with van der Waals surface area (Å²) in [4.78, 5) is 18.8. The number of methoxy groups -OCH3 is 1. The SMILES string of the molecule is COCCN(C)CCNC(=O)c1sc(NC(C)C)nc1N. The molecule has 0 saturated heterocycles. The van der Waals surface area contributed by atoms with Gasteiger partial charge in [-0.25, -0.2) is 4.98 Å². The third kappa shape index (κ3) is 6.28. The number of hydrogen-bond donors (Lipinski definition) is 3. The lowest BCUT2D eigenvalue weighted by molar-refractivity contribution is 0.0952. The van der Waals surface area contributed by atoms with E-state index in [4.69, 9.17) is 10.5 Å². The Labute approximate surface area is 129 Å². The van der Waals surface area contributed by atoms with E-state index in [1.54, 1.807) is 7.11 Å². The molecule has 1 amide bonds. The van der Waals surface area contributed by atoms with Gasteiger partial charge in [0.2, 0.25) is 0 Å². The van der Waals surface area contributed by atoms with Gasteiger partial charge in [-0.05, 0) is 20.9 Å². The number of nitrogens with zero attached hydrogens (tertiary/aromatic N) is 2. The van der Waals surface area contributed by atoms with E-state index < -0.39 is 0 Å². The minimum Gasteiger partial charge on any atom is -0.383 e. The van der Waals surface area contributed by atoms with Crippen LogP contribution in [-0.4, -0.2) is 62.2 Å². The normalized spacial score (nSPS) is 11.1. The minimum atomic E-state index is -0.179. The monoisotopic (exact) mass is 315 g/mol. The smallest absolute Gasteiger partial charge is 0.265 e. The zero-order chi connectivity index (χ0) is 15.8. The summed E-state index contributed by atoms with van der Waals surface area (Å²) in [5.74, 6) is 0.0929. The van der Waals surface area contributed by atoms with Gasteiger partial charge in [0.25, 0.3) is 5.91 Å². The molecule has 8 heteroatoms. The Morgan fingerprint density at radius 2 is 2.19 bits per heavy atom. The number of thiazole rings is 1. The van der Waals surface area contributed by atoms with Gasteiger partial charge in [0, 0.05) is 32.8 Å². The lowest BCUT2D eigenvalue weighted by Crippen LogP contribution is -2.34. The molecular weight excluding hydrogens is 290 g/mol. The van der Waals surface area contributed by atoms with Crippen LogP contribution in [0.5, 0.6) is 0 Å². The zero-order valence-electron chi connectivity index (χ0n) is 13.1. The second kappa shape index (κ2) is 8.81. The maximum atomic E-state index is 12.1. The molecule has 4 N–H and O–H groups in total. The van der Waals surface area contributed by atoms with Crippen LogP contribution in [0.3, 0.4) is 0 Å². The summed E-state index contributed by atoms with van der Waals surface area (Å²) >= 11 is 1.28. The van der Waals surface area contributed by atoms with Crippen LogP contribution < -0.4 is 16.4 Å². The summed E-state index contributed by atoms with van der Waals surface area (Å²) in [6.07, 6.45) is 0. The van der Waals surface area contributed by atoms with Gasteiger partial charge in [-0.1, -0.05) is 11.3 Å². The number of rotatable bonds is 9. The van der Waals surface area contributed by atoms with Crippen molar-refractivity contribution in [2.24, 2.45) is 0 Å². The molecule has 0 aliphatic heterocycles. The fraction of sp³-hybridized carbons (Fsp3) is 0.692. The number of nitrogen functional groups attached to an aromatic ring is 1. The Hall–Kier alpha value is -1.38. The molecule has 0 aromatic carbocycles. The molecule has 0 unspecified atom stereocenters. The van der Waals surface area contributed by atoms with Crippen LogP contribution in [0.2, 0.25) is 0 Å². The van der Waals surface area contributed by atoms with Gasteiger partial charge in [0.15, 0.2) is 5.13 Å². The standard InChI is InChI=1S/C13H25N5O2S/c1-9(2)16-13-17-11(14)10(21-13)12(19)15-5-6-18(3)7-8-20-4/h9H,5-8,14H2,1-4H3,(H,15,19)(H,16,17). The summed E-state index contributed by atoms with van der Waals surface area (Å²) in [5, 5.41) is 6.67. The van der Waals surface area contributed by atoms with E-state index in [9.17, 15) is 4.79 Å². The Bertz CT molecular complexity index is 450. The van der Waals surface area contributed by atoms with Crippen LogP contribution in [0.1, 0.15) is 23.5 Å². The maximum Gasteiger partial charge on any atom is 0.265 e. The fourth-order valence-corrected chi connectivity index (χ4v) is 2.55. The highest BCUT2D eigenvalue weighted by Gasteiger charge is 2.16. The van der Waals surface area contributed by atoms with E-state index in [0.717, 1.165) is 13.1 Å². The topological polar surface area (TPSA) is 92.5 Å². The second-order valence-corrected chi connectivity index (χ2v) is 6.08. The van der Waals surface area contributed by atoms with E-state index in [2.05, 4.69) is 20.5 Å². The lowest BCUT2D eigenvalue weighted by Gasteiger charge is -2.15. The van der Waals surface area contributed by atoms with Crippen molar-refractivity contribution in [3.63, 3.8) is 0 Å². The number of hydrogen-bond acceptors (Lipinski definition) is 7. The summed E-state index contributed by atoms with van der Waals surface area (Å²) in [6, 6.07) is 0.251. The van der Waals surface area contributed by atoms with E-state index in [1.165, 1.54) is 11.3 Å². The number of aromatic nitrogens is 1. The molecule has 0 aliphatic rings. The van der Waals surface area contributed by atoms with Crippen LogP contribution >= 0.6 is 11.3 Å². The predicted molar refractivity (Wildman–Crippen MR) is 87.0 cm³/mol. The van der Waals surface area contributed by atoms with Gasteiger partial charge < -0.3 is 26.0 Å². The third-order valence-electron chi connectivity index (χ3n) is 2.73. The molecule has 1 heterocycles. The van der Waals surface area contributed by atoms with E-state index >= 15 is 0 Å². The van der Waals surface area contributed by atoms with Crippen molar-refractivity contribution in [3.8, 4) is 0 Å². The Morgan fingerprint density at radius 3 is 2.81 bits per heavy atom. The van der Waals surface area contributed by atoms with Crippen LogP contribution in [0.4, 0.5) is 10.9 Å². The predicted octanol–water partition coefficient (Wildman–Crippen LogP) is 0.854. The summed E-state index contributed by atoms with van der Waals surface area (Å²) in [7, 11) is 3.65. The molecule has 0 aliphatic carbocycles. The molecule has 0 saturated carbocycles. The van der Waals surface area contributed by atoms with Gasteiger partial charge in [-0.3, -0.25) is 4.79 Å². The number of carbonyl (C=O) groups is 1. The van der Waals surface area contributed by atoms with Gasteiger partial charge in [-0.15, -0.1) is 0 Å². The number of ether oxygens (including phenoxy) is 1. The van der Waals surface area contributed by atoms with Crippen LogP contribution in [-0.2, 0) is 4.74 Å². The van der Waals surface area contributed by atoms with Gasteiger partial charge in [0.05, 0.1) is 6.61 Å². The molecule has 0 radical (unpaired) electrons. The first kappa shape index (κ1) is 17.7. The van der Waals surface area contributed by atoms with Crippen molar-refractivity contribution >= 4 is 28.2 Å². The zero-order valence-corrected chi connectivity index (χ0v) is 13.9. The van der Waals surface area contributed by atoms with Crippen molar-refractivity contribution in [1.29, 1.82) is 0 Å². The van der Waals surface area contributed by atoms with Crippen LogP contribution in [0.15, 0.2) is 0 Å². The van der Waals surface area contributed by atoms with Crippen LogP contribution in [0.25, 0.3) is 0 Å². The van der Waals surface area contributed by atoms with Crippen molar-refractivity contribution in [2.75, 3.05) is 51.4 Å². The van der Waals surface area contributed by atoms with E-state index in [0.29, 0.717) is 23.2 Å². The molecule has 0 atom stereocenters. The number of nitrogens with one attached hydrogen (secondary N) is 2. The van der Waals surface area contributed by atoms with Crippen molar-refractivity contribution in [2.45, 2.75) is 19.9 Å². The molecule has 7 nitrogen and oxygen atoms in total. The molecular formula is C13H25N5O2S. The number of amides is 1. The van der Waals surface area contributed by atoms with Crippen molar-refractivity contribution < 1.29 is 9.53 Å². The number of likely N-dealkylation sites (N-methyl/N-ethyl adjacent to an activating group) is 1. The Balaban J connectivity index is 2.43. The Morgan fingerprint density at radius 1 is 1.48 bits per heavy atom.